The molecule has 0 atom stereocenters. The third-order valence-electron chi connectivity index (χ3n) is 6.35. The van der Waals surface area contributed by atoms with Crippen molar-refractivity contribution in [1.29, 1.82) is 0 Å². The second-order valence-corrected chi connectivity index (χ2v) is 9.24. The molecule has 3 aromatic heterocycles. The Kier molecular flexibility index (Phi) is 9.99. The quantitative estimate of drug-likeness (QED) is 0.167. The Morgan fingerprint density at radius 3 is 1.40 bits per heavy atom. The van der Waals surface area contributed by atoms with Crippen molar-refractivity contribution in [3.8, 4) is 56.7 Å². The van der Waals surface area contributed by atoms with Crippen molar-refractivity contribution in [3.63, 3.8) is 0 Å². The van der Waals surface area contributed by atoms with Gasteiger partial charge >= 0.3 is 0 Å². The van der Waals surface area contributed by atoms with Crippen molar-refractivity contribution < 1.29 is 20.1 Å². The molecule has 0 aliphatic rings. The van der Waals surface area contributed by atoms with Crippen LogP contribution in [0.1, 0.15) is 0 Å². The zero-order valence-corrected chi connectivity index (χ0v) is 25.4. The molecule has 209 valence electrons. The number of pyridine rings is 2. The Morgan fingerprint density at radius 1 is 0.395 bits per heavy atom. The summed E-state index contributed by atoms with van der Waals surface area (Å²) in [5.41, 5.74) is 6.56. The standard InChI is InChI=1S/C26H17N4.C11H8N.Ir/c1-3-10-19(11-4-1)24-28-25(20-12-5-2-6-13-20)30-26(29-24)22-15-9-14-21(18-22)23-16-7-8-17-27-23;1-2-6-10(7-3-1)11-8-4-5-9-12-11;/h1-13,15-18H;1-6,8-9H;/q2*-1;. The van der Waals surface area contributed by atoms with E-state index in [0.29, 0.717) is 17.5 Å². The summed E-state index contributed by atoms with van der Waals surface area (Å²) in [5, 5.41) is 0. The molecule has 0 unspecified atom stereocenters. The van der Waals surface area contributed by atoms with Crippen molar-refractivity contribution in [2.45, 2.75) is 0 Å². The first-order valence-electron chi connectivity index (χ1n) is 13.5. The summed E-state index contributed by atoms with van der Waals surface area (Å²) < 4.78 is 0. The summed E-state index contributed by atoms with van der Waals surface area (Å²) >= 11 is 0. The van der Waals surface area contributed by atoms with Gasteiger partial charge in [0.1, 0.15) is 5.82 Å². The molecule has 0 N–H and O–H groups in total. The molecule has 4 aromatic carbocycles. The minimum absolute atomic E-state index is 0. The molecule has 3 heterocycles. The SMILES string of the molecule is [Ir].[c-]1ccc(-c2nc(-c3ccccc3)nc(-c3ccccc3)n2)cc1-c1ccccn1.[c-]1ccccc1-c1ccccn1. The number of benzene rings is 4. The number of rotatable bonds is 5. The van der Waals surface area contributed by atoms with Crippen molar-refractivity contribution in [2.75, 3.05) is 0 Å². The second-order valence-electron chi connectivity index (χ2n) is 9.24. The molecule has 0 aliphatic heterocycles. The fourth-order valence-corrected chi connectivity index (χ4v) is 4.29. The molecule has 43 heavy (non-hydrogen) atoms. The maximum absolute atomic E-state index is 4.78. The maximum atomic E-state index is 4.78. The summed E-state index contributed by atoms with van der Waals surface area (Å²) in [7, 11) is 0. The van der Waals surface area contributed by atoms with Gasteiger partial charge in [0.25, 0.3) is 0 Å². The summed E-state index contributed by atoms with van der Waals surface area (Å²) in [6, 6.07) is 51.7. The van der Waals surface area contributed by atoms with Gasteiger partial charge in [0.15, 0.2) is 11.6 Å². The minimum atomic E-state index is 0. The minimum Gasteiger partial charge on any atom is -0.305 e. The molecule has 7 rings (SSSR count). The van der Waals surface area contributed by atoms with Crippen LogP contribution < -0.4 is 0 Å². The van der Waals surface area contributed by atoms with Gasteiger partial charge in [-0.1, -0.05) is 90.5 Å². The van der Waals surface area contributed by atoms with Gasteiger partial charge in [0.2, 0.25) is 0 Å². The molecule has 0 saturated carbocycles. The van der Waals surface area contributed by atoms with E-state index in [9.17, 15) is 0 Å². The van der Waals surface area contributed by atoms with Crippen LogP contribution in [-0.2, 0) is 20.1 Å². The fourth-order valence-electron chi connectivity index (χ4n) is 4.29. The summed E-state index contributed by atoms with van der Waals surface area (Å²) in [4.78, 5) is 22.9. The largest absolute Gasteiger partial charge is 0.305 e. The molecule has 0 amide bonds. The van der Waals surface area contributed by atoms with E-state index in [1.54, 1.807) is 12.4 Å². The number of nitrogens with zero attached hydrogens (tertiary/aromatic N) is 5. The van der Waals surface area contributed by atoms with Crippen molar-refractivity contribution in [3.05, 3.63) is 164 Å². The van der Waals surface area contributed by atoms with Gasteiger partial charge in [0.05, 0.1) is 0 Å². The monoisotopic (exact) mass is 732 g/mol. The zero-order chi connectivity index (χ0) is 28.4. The zero-order valence-electron chi connectivity index (χ0n) is 23.0. The first-order valence-corrected chi connectivity index (χ1v) is 13.5. The van der Waals surface area contributed by atoms with Gasteiger partial charge in [0, 0.05) is 43.6 Å². The van der Waals surface area contributed by atoms with Gasteiger partial charge in [-0.25, -0.2) is 15.0 Å². The average molecular weight is 732 g/mol. The molecule has 7 aromatic rings. The Balaban J connectivity index is 0.000000238. The molecule has 0 fully saturated rings. The number of hydrogen-bond acceptors (Lipinski definition) is 5. The topological polar surface area (TPSA) is 64.5 Å². The van der Waals surface area contributed by atoms with Gasteiger partial charge in [-0.15, -0.1) is 65.7 Å². The molecule has 1 radical (unpaired) electrons. The van der Waals surface area contributed by atoms with Gasteiger partial charge in [-0.3, -0.25) is 0 Å². The third-order valence-corrected chi connectivity index (χ3v) is 6.35. The van der Waals surface area contributed by atoms with Crippen molar-refractivity contribution in [1.82, 2.24) is 24.9 Å². The normalized spacial score (nSPS) is 10.1. The van der Waals surface area contributed by atoms with E-state index < -0.39 is 0 Å². The molecule has 0 bridgehead atoms. The van der Waals surface area contributed by atoms with Crippen LogP contribution in [0, 0.1) is 12.1 Å². The van der Waals surface area contributed by atoms with Crippen LogP contribution in [0.3, 0.4) is 0 Å². The van der Waals surface area contributed by atoms with Crippen LogP contribution in [0.2, 0.25) is 0 Å². The summed E-state index contributed by atoms with van der Waals surface area (Å²) in [6.07, 6.45) is 3.57. The smallest absolute Gasteiger partial charge is 0.164 e. The molecular weight excluding hydrogens is 707 g/mol. The van der Waals surface area contributed by atoms with Crippen LogP contribution in [0.4, 0.5) is 0 Å². The van der Waals surface area contributed by atoms with E-state index in [2.05, 4.69) is 22.1 Å². The van der Waals surface area contributed by atoms with Gasteiger partial charge < -0.3 is 9.97 Å². The average Bonchev–Trinajstić information content (AvgIpc) is 3.10. The van der Waals surface area contributed by atoms with Crippen LogP contribution in [0.25, 0.3) is 56.7 Å². The predicted molar refractivity (Wildman–Crippen MR) is 167 cm³/mol. The molecule has 0 aliphatic carbocycles. The van der Waals surface area contributed by atoms with Crippen LogP contribution in [0.15, 0.2) is 152 Å². The Bertz CT molecular complexity index is 1760. The molecule has 0 saturated heterocycles. The Hall–Kier alpha value is -5.16. The molecule has 0 spiro atoms. The Morgan fingerprint density at radius 2 is 0.884 bits per heavy atom. The van der Waals surface area contributed by atoms with Gasteiger partial charge in [-0.05, 0) is 23.5 Å². The third kappa shape index (κ3) is 7.57. The second kappa shape index (κ2) is 14.6. The van der Waals surface area contributed by atoms with E-state index in [-0.39, 0.29) is 20.1 Å². The summed E-state index contributed by atoms with van der Waals surface area (Å²) in [6.45, 7) is 0. The predicted octanol–water partition coefficient (Wildman–Crippen LogP) is 8.28. The van der Waals surface area contributed by atoms with E-state index in [1.165, 1.54) is 0 Å². The van der Waals surface area contributed by atoms with E-state index in [0.717, 1.165) is 39.2 Å². The van der Waals surface area contributed by atoms with Crippen LogP contribution >= 0.6 is 0 Å². The van der Waals surface area contributed by atoms with Crippen LogP contribution in [0.5, 0.6) is 0 Å². The Labute approximate surface area is 264 Å². The fraction of sp³-hybridized carbons (Fsp3) is 0. The molecular formula is C37H25IrN5-2. The first-order chi connectivity index (χ1) is 20.8. The van der Waals surface area contributed by atoms with E-state index >= 15 is 0 Å². The number of hydrogen-bond donors (Lipinski definition) is 0. The molecule has 5 nitrogen and oxygen atoms in total. The van der Waals surface area contributed by atoms with E-state index in [4.69, 9.17) is 15.0 Å². The summed E-state index contributed by atoms with van der Waals surface area (Å²) in [5.74, 6) is 1.91. The number of aromatic nitrogens is 5. The van der Waals surface area contributed by atoms with Crippen molar-refractivity contribution in [2.24, 2.45) is 0 Å². The van der Waals surface area contributed by atoms with Gasteiger partial charge in [-0.2, -0.15) is 0 Å². The maximum Gasteiger partial charge on any atom is 0.164 e. The first kappa shape index (κ1) is 29.3. The van der Waals surface area contributed by atoms with Crippen molar-refractivity contribution >= 4 is 0 Å². The molecule has 6 heteroatoms. The van der Waals surface area contributed by atoms with E-state index in [1.807, 2.05) is 140 Å². The van der Waals surface area contributed by atoms with Crippen LogP contribution in [-0.4, -0.2) is 24.9 Å².